The summed E-state index contributed by atoms with van der Waals surface area (Å²) in [6.45, 7) is 0. The normalized spacial score (nSPS) is 29.6. The van der Waals surface area contributed by atoms with E-state index in [1.54, 1.807) is 30.3 Å². The number of nitrogens with two attached hydrogens (primary N) is 1. The number of ether oxygens (including phenoxy) is 1. The number of rotatable bonds is 0. The van der Waals surface area contributed by atoms with Gasteiger partial charge in [0.2, 0.25) is 11.4 Å². The zero-order chi connectivity index (χ0) is 14.1. The average molecular weight is 269 g/mol. The molecular weight excluding hydrogens is 258 g/mol. The molecule has 2 aliphatic rings. The van der Waals surface area contributed by atoms with Gasteiger partial charge in [0.15, 0.2) is 0 Å². The molecule has 0 spiro atoms. The van der Waals surface area contributed by atoms with Crippen LogP contribution in [0.4, 0.5) is 5.69 Å². The maximum atomic E-state index is 12.5. The fourth-order valence-electron chi connectivity index (χ4n) is 3.04. The van der Waals surface area contributed by atoms with Crippen molar-refractivity contribution in [1.29, 1.82) is 0 Å². The molecule has 1 aliphatic carbocycles. The van der Waals surface area contributed by atoms with Gasteiger partial charge in [0.1, 0.15) is 5.75 Å². The summed E-state index contributed by atoms with van der Waals surface area (Å²) in [6.07, 6.45) is 0. The Hall–Kier alpha value is -2.37. The largest absolute Gasteiger partial charge is 0.454 e. The second-order valence-corrected chi connectivity index (χ2v) is 5.09. The number of carbonyl (C=O) groups is 1. The molecule has 5 heteroatoms. The Labute approximate surface area is 114 Å². The SMILES string of the molecule is Nc1ccc2c(c1)O[C@]1(O)c3ccccc3C(=O)[C@@]21O. The Kier molecular flexibility index (Phi) is 1.83. The van der Waals surface area contributed by atoms with E-state index in [0.29, 0.717) is 5.69 Å². The quantitative estimate of drug-likeness (QED) is 0.618. The number of hydrogen-bond donors (Lipinski definition) is 3. The highest BCUT2D eigenvalue weighted by atomic mass is 16.7. The number of aliphatic hydroxyl groups is 2. The minimum atomic E-state index is -2.13. The van der Waals surface area contributed by atoms with E-state index in [1.165, 1.54) is 12.1 Å². The molecule has 2 atom stereocenters. The van der Waals surface area contributed by atoms with Crippen molar-refractivity contribution in [3.63, 3.8) is 0 Å². The lowest BCUT2D eigenvalue weighted by Gasteiger charge is -2.28. The monoisotopic (exact) mass is 269 g/mol. The van der Waals surface area contributed by atoms with Crippen molar-refractivity contribution >= 4 is 11.5 Å². The van der Waals surface area contributed by atoms with Gasteiger partial charge in [-0.2, -0.15) is 0 Å². The van der Waals surface area contributed by atoms with Gasteiger partial charge >= 0.3 is 0 Å². The van der Waals surface area contributed by atoms with Crippen molar-refractivity contribution in [3.8, 4) is 5.75 Å². The summed E-state index contributed by atoms with van der Waals surface area (Å²) in [5.41, 5.74) is 4.73. The number of anilines is 1. The van der Waals surface area contributed by atoms with Gasteiger partial charge in [0.05, 0.1) is 0 Å². The standard InChI is InChI=1S/C15H11NO4/c16-8-5-6-11-12(7-8)20-15(19)10-4-2-1-3-9(10)13(17)14(11,15)18/h1-7,18-19H,16H2/t14-,15+/m0/s1. The van der Waals surface area contributed by atoms with Crippen LogP contribution >= 0.6 is 0 Å². The molecule has 0 bridgehead atoms. The molecular formula is C15H11NO4. The van der Waals surface area contributed by atoms with Crippen LogP contribution in [0.25, 0.3) is 0 Å². The molecule has 0 amide bonds. The van der Waals surface area contributed by atoms with Gasteiger partial charge in [-0.3, -0.25) is 4.79 Å². The van der Waals surface area contributed by atoms with Crippen LogP contribution < -0.4 is 10.5 Å². The summed E-state index contributed by atoms with van der Waals surface area (Å²) in [4.78, 5) is 12.5. The van der Waals surface area contributed by atoms with E-state index in [4.69, 9.17) is 10.5 Å². The highest BCUT2D eigenvalue weighted by Crippen LogP contribution is 2.58. The Morgan fingerprint density at radius 2 is 1.80 bits per heavy atom. The molecule has 0 saturated heterocycles. The maximum absolute atomic E-state index is 12.5. The van der Waals surface area contributed by atoms with E-state index in [2.05, 4.69) is 0 Å². The molecule has 0 unspecified atom stereocenters. The zero-order valence-electron chi connectivity index (χ0n) is 10.3. The molecule has 2 aromatic rings. The van der Waals surface area contributed by atoms with Crippen LogP contribution in [0.15, 0.2) is 42.5 Å². The molecule has 1 aliphatic heterocycles. The van der Waals surface area contributed by atoms with E-state index < -0.39 is 17.2 Å². The summed E-state index contributed by atoms with van der Waals surface area (Å²) < 4.78 is 5.50. The number of benzene rings is 2. The summed E-state index contributed by atoms with van der Waals surface area (Å²) in [7, 11) is 0. The first-order valence-corrected chi connectivity index (χ1v) is 6.16. The van der Waals surface area contributed by atoms with Crippen LogP contribution in [0.5, 0.6) is 5.75 Å². The predicted octanol–water partition coefficient (Wildman–Crippen LogP) is 0.890. The Morgan fingerprint density at radius 1 is 1.05 bits per heavy atom. The molecule has 0 saturated carbocycles. The van der Waals surface area contributed by atoms with Crippen LogP contribution in [-0.2, 0) is 11.4 Å². The number of hydrogen-bond acceptors (Lipinski definition) is 5. The molecule has 2 aromatic carbocycles. The average Bonchev–Trinajstić information content (AvgIpc) is 2.76. The number of fused-ring (bicyclic) bond motifs is 5. The van der Waals surface area contributed by atoms with Crippen molar-refractivity contribution in [2.24, 2.45) is 0 Å². The molecule has 0 radical (unpaired) electrons. The first kappa shape index (κ1) is 11.5. The fourth-order valence-corrected chi connectivity index (χ4v) is 3.04. The zero-order valence-corrected chi connectivity index (χ0v) is 10.3. The lowest BCUT2D eigenvalue weighted by atomic mass is 9.87. The summed E-state index contributed by atoms with van der Waals surface area (Å²) in [5.74, 6) is -2.45. The van der Waals surface area contributed by atoms with Gasteiger partial charge in [-0.1, -0.05) is 24.3 Å². The smallest absolute Gasteiger partial charge is 0.276 e. The third-order valence-corrected chi connectivity index (χ3v) is 4.01. The van der Waals surface area contributed by atoms with E-state index in [0.717, 1.165) is 0 Å². The van der Waals surface area contributed by atoms with Gasteiger partial charge < -0.3 is 20.7 Å². The molecule has 0 aromatic heterocycles. The predicted molar refractivity (Wildman–Crippen MR) is 70.0 cm³/mol. The van der Waals surface area contributed by atoms with Crippen LogP contribution in [0, 0.1) is 0 Å². The fraction of sp³-hybridized carbons (Fsp3) is 0.133. The van der Waals surface area contributed by atoms with E-state index in [9.17, 15) is 15.0 Å². The molecule has 4 rings (SSSR count). The van der Waals surface area contributed by atoms with Gasteiger partial charge in [-0.05, 0) is 12.1 Å². The minimum Gasteiger partial charge on any atom is -0.454 e. The van der Waals surface area contributed by atoms with Crippen LogP contribution in [0.3, 0.4) is 0 Å². The maximum Gasteiger partial charge on any atom is 0.276 e. The first-order valence-electron chi connectivity index (χ1n) is 6.16. The molecule has 100 valence electrons. The highest BCUT2D eigenvalue weighted by molar-refractivity contribution is 6.09. The number of ketones is 1. The van der Waals surface area contributed by atoms with Crippen molar-refractivity contribution in [1.82, 2.24) is 0 Å². The van der Waals surface area contributed by atoms with Crippen LogP contribution in [-0.4, -0.2) is 16.0 Å². The minimum absolute atomic E-state index is 0.220. The topological polar surface area (TPSA) is 92.8 Å². The third-order valence-electron chi connectivity index (χ3n) is 4.01. The Balaban J connectivity index is 2.05. The lowest BCUT2D eigenvalue weighted by Crippen LogP contribution is -2.48. The van der Waals surface area contributed by atoms with Gasteiger partial charge in [-0.15, -0.1) is 0 Å². The van der Waals surface area contributed by atoms with Crippen molar-refractivity contribution in [3.05, 3.63) is 59.2 Å². The van der Waals surface area contributed by atoms with Gasteiger partial charge in [0.25, 0.3) is 5.79 Å². The summed E-state index contributed by atoms with van der Waals surface area (Å²) in [6, 6.07) is 11.0. The number of Topliss-reactive ketones (excluding diaryl/α,β-unsaturated/α-hetero) is 1. The molecule has 20 heavy (non-hydrogen) atoms. The van der Waals surface area contributed by atoms with E-state index >= 15 is 0 Å². The molecule has 4 N–H and O–H groups in total. The van der Waals surface area contributed by atoms with Gasteiger partial charge in [-0.25, -0.2) is 0 Å². The van der Waals surface area contributed by atoms with Crippen molar-refractivity contribution in [2.75, 3.05) is 5.73 Å². The Morgan fingerprint density at radius 3 is 2.60 bits per heavy atom. The van der Waals surface area contributed by atoms with Crippen LogP contribution in [0.2, 0.25) is 0 Å². The lowest BCUT2D eigenvalue weighted by molar-refractivity contribution is -0.224. The van der Waals surface area contributed by atoms with Crippen molar-refractivity contribution < 1.29 is 19.7 Å². The van der Waals surface area contributed by atoms with Crippen LogP contribution in [0.1, 0.15) is 21.5 Å². The number of nitrogen functional groups attached to an aromatic ring is 1. The van der Waals surface area contributed by atoms with Gasteiger partial charge in [0, 0.05) is 28.4 Å². The molecule has 1 heterocycles. The summed E-state index contributed by atoms with van der Waals surface area (Å²) in [5, 5.41) is 21.6. The second kappa shape index (κ2) is 3.20. The van der Waals surface area contributed by atoms with E-state index in [1.807, 2.05) is 0 Å². The molecule has 5 nitrogen and oxygen atoms in total. The Bertz CT molecular complexity index is 772. The second-order valence-electron chi connectivity index (χ2n) is 5.09. The molecule has 0 fully saturated rings. The third kappa shape index (κ3) is 1.01. The first-order chi connectivity index (χ1) is 9.48. The van der Waals surface area contributed by atoms with Crippen molar-refractivity contribution in [2.45, 2.75) is 11.4 Å². The summed E-state index contributed by atoms with van der Waals surface area (Å²) >= 11 is 0. The highest BCUT2D eigenvalue weighted by Gasteiger charge is 2.70. The van der Waals surface area contributed by atoms with E-state index in [-0.39, 0.29) is 22.4 Å². The number of carbonyl (C=O) groups excluding carboxylic acids is 1.